The minimum atomic E-state index is -4.53. The van der Waals surface area contributed by atoms with Crippen molar-refractivity contribution in [2.75, 3.05) is 18.4 Å². The molecule has 0 aliphatic carbocycles. The predicted octanol–water partition coefficient (Wildman–Crippen LogP) is 1.55. The zero-order chi connectivity index (χ0) is 16.5. The van der Waals surface area contributed by atoms with Crippen LogP contribution < -0.4 is 5.32 Å². The summed E-state index contributed by atoms with van der Waals surface area (Å²) in [7, 11) is 0. The second kappa shape index (κ2) is 5.96. The number of carbonyl (C=O) groups is 2. The first-order chi connectivity index (χ1) is 10.2. The van der Waals surface area contributed by atoms with E-state index < -0.39 is 29.7 Å². The Bertz CT molecular complexity index is 601. The van der Waals surface area contributed by atoms with Crippen LogP contribution in [-0.4, -0.2) is 41.0 Å². The minimum absolute atomic E-state index is 0.0273. The van der Waals surface area contributed by atoms with Gasteiger partial charge in [0.1, 0.15) is 0 Å². The highest BCUT2D eigenvalue weighted by Crippen LogP contribution is 2.33. The highest BCUT2D eigenvalue weighted by Gasteiger charge is 2.33. The number of rotatable bonds is 1. The van der Waals surface area contributed by atoms with Gasteiger partial charge in [-0.15, -0.1) is 0 Å². The first-order valence-corrected chi connectivity index (χ1v) is 6.64. The normalized spacial score (nSPS) is 18.4. The first kappa shape index (κ1) is 16.3. The third-order valence-electron chi connectivity index (χ3n) is 3.45. The largest absolute Gasteiger partial charge is 0.416 e. The lowest BCUT2D eigenvalue weighted by Gasteiger charge is -2.16. The van der Waals surface area contributed by atoms with Crippen molar-refractivity contribution in [3.8, 4) is 0 Å². The van der Waals surface area contributed by atoms with Gasteiger partial charge in [-0.3, -0.25) is 9.59 Å². The molecule has 2 rings (SSSR count). The maximum atomic E-state index is 12.8. The fourth-order valence-electron chi connectivity index (χ4n) is 2.26. The fourth-order valence-corrected chi connectivity index (χ4v) is 2.26. The number of hydrogen-bond acceptors (Lipinski definition) is 3. The van der Waals surface area contributed by atoms with Gasteiger partial charge >= 0.3 is 18.0 Å². The molecule has 0 radical (unpaired) electrons. The van der Waals surface area contributed by atoms with Crippen molar-refractivity contribution >= 4 is 17.5 Å². The number of benzene rings is 1. The molecule has 0 bridgehead atoms. The van der Waals surface area contributed by atoms with Crippen molar-refractivity contribution in [2.45, 2.75) is 25.6 Å². The van der Waals surface area contributed by atoms with Crippen molar-refractivity contribution in [2.24, 2.45) is 0 Å². The van der Waals surface area contributed by atoms with Crippen LogP contribution in [0.3, 0.4) is 0 Å². The average Bonchev–Trinajstić information content (AvgIpc) is 2.85. The third-order valence-corrected chi connectivity index (χ3v) is 3.45. The molecule has 0 saturated carbocycles. The molecule has 0 aromatic heterocycles. The lowest BCUT2D eigenvalue weighted by Crippen LogP contribution is -2.38. The fraction of sp³-hybridized carbons (Fsp3) is 0.429. The van der Waals surface area contributed by atoms with Crippen molar-refractivity contribution in [3.63, 3.8) is 0 Å². The number of β-amino-alcohol motifs (C(OH)–C–C–N with tert-alkyl or cyclic N) is 1. The Morgan fingerprint density at radius 1 is 1.36 bits per heavy atom. The predicted molar refractivity (Wildman–Crippen MR) is 72.0 cm³/mol. The summed E-state index contributed by atoms with van der Waals surface area (Å²) < 4.78 is 38.4. The van der Waals surface area contributed by atoms with Crippen LogP contribution >= 0.6 is 0 Å². The van der Waals surface area contributed by atoms with E-state index in [2.05, 4.69) is 5.32 Å². The van der Waals surface area contributed by atoms with Crippen LogP contribution in [0.4, 0.5) is 18.9 Å². The summed E-state index contributed by atoms with van der Waals surface area (Å²) >= 11 is 0. The summed E-state index contributed by atoms with van der Waals surface area (Å²) in [6.45, 7) is 1.61. The van der Waals surface area contributed by atoms with Crippen LogP contribution in [-0.2, 0) is 15.8 Å². The SMILES string of the molecule is Cc1ccc(NC(=O)C(=O)N2CC[C@@H](O)C2)cc1C(F)(F)F. The molecule has 0 spiro atoms. The van der Waals surface area contributed by atoms with E-state index in [1.165, 1.54) is 24.0 Å². The summed E-state index contributed by atoms with van der Waals surface area (Å²) in [5.41, 5.74) is -0.940. The number of carbonyl (C=O) groups excluding carboxylic acids is 2. The summed E-state index contributed by atoms with van der Waals surface area (Å²) in [4.78, 5) is 24.8. The van der Waals surface area contributed by atoms with Gasteiger partial charge in [-0.05, 0) is 31.0 Å². The Balaban J connectivity index is 2.10. The molecule has 0 unspecified atom stereocenters. The maximum absolute atomic E-state index is 12.8. The molecule has 2 N–H and O–H groups in total. The molecule has 1 aliphatic heterocycles. The Hall–Kier alpha value is -2.09. The van der Waals surface area contributed by atoms with E-state index >= 15 is 0 Å². The maximum Gasteiger partial charge on any atom is 0.416 e. The van der Waals surface area contributed by atoms with Gasteiger partial charge in [-0.1, -0.05) is 6.07 Å². The first-order valence-electron chi connectivity index (χ1n) is 6.64. The average molecular weight is 316 g/mol. The summed E-state index contributed by atoms with van der Waals surface area (Å²) in [6.07, 6.45) is -4.83. The molecule has 1 fully saturated rings. The molecule has 5 nitrogen and oxygen atoms in total. The standard InChI is InChI=1S/C14H15F3N2O3/c1-8-2-3-9(6-11(8)14(15,16)17)18-12(21)13(22)19-5-4-10(20)7-19/h2-3,6,10,20H,4-5,7H2,1H3,(H,18,21)/t10-/m1/s1. The Morgan fingerprint density at radius 2 is 2.05 bits per heavy atom. The van der Waals surface area contributed by atoms with Gasteiger partial charge in [0, 0.05) is 18.8 Å². The molecule has 1 aromatic rings. The molecule has 1 saturated heterocycles. The number of anilines is 1. The quantitative estimate of drug-likeness (QED) is 0.772. The van der Waals surface area contributed by atoms with E-state index in [1.807, 2.05) is 0 Å². The smallest absolute Gasteiger partial charge is 0.391 e. The zero-order valence-corrected chi connectivity index (χ0v) is 11.8. The number of aliphatic hydroxyl groups is 1. The van der Waals surface area contributed by atoms with E-state index in [0.29, 0.717) is 6.42 Å². The summed E-state index contributed by atoms with van der Waals surface area (Å²) in [5, 5.41) is 11.5. The van der Waals surface area contributed by atoms with Gasteiger partial charge in [-0.25, -0.2) is 0 Å². The lowest BCUT2D eigenvalue weighted by atomic mass is 10.1. The number of likely N-dealkylation sites (tertiary alicyclic amines) is 1. The molecular formula is C14H15F3N2O3. The van der Waals surface area contributed by atoms with Crippen LogP contribution in [0.1, 0.15) is 17.5 Å². The highest BCUT2D eigenvalue weighted by molar-refractivity contribution is 6.39. The van der Waals surface area contributed by atoms with Crippen molar-refractivity contribution in [1.82, 2.24) is 4.90 Å². The number of amides is 2. The monoisotopic (exact) mass is 316 g/mol. The van der Waals surface area contributed by atoms with Crippen molar-refractivity contribution in [3.05, 3.63) is 29.3 Å². The number of aryl methyl sites for hydroxylation is 1. The van der Waals surface area contributed by atoms with Gasteiger partial charge in [0.05, 0.1) is 11.7 Å². The van der Waals surface area contributed by atoms with E-state index in [1.54, 1.807) is 0 Å². The third kappa shape index (κ3) is 3.56. The number of hydrogen-bond donors (Lipinski definition) is 2. The van der Waals surface area contributed by atoms with Gasteiger partial charge < -0.3 is 15.3 Å². The van der Waals surface area contributed by atoms with E-state index in [4.69, 9.17) is 0 Å². The molecule has 22 heavy (non-hydrogen) atoms. The molecule has 1 atom stereocenters. The molecule has 120 valence electrons. The molecular weight excluding hydrogens is 301 g/mol. The van der Waals surface area contributed by atoms with E-state index in [-0.39, 0.29) is 24.3 Å². The number of nitrogens with one attached hydrogen (secondary N) is 1. The van der Waals surface area contributed by atoms with Gasteiger partial charge in [-0.2, -0.15) is 13.2 Å². The van der Waals surface area contributed by atoms with Gasteiger partial charge in [0.2, 0.25) is 0 Å². The van der Waals surface area contributed by atoms with Crippen molar-refractivity contribution < 1.29 is 27.9 Å². The topological polar surface area (TPSA) is 69.6 Å². The Morgan fingerprint density at radius 3 is 2.59 bits per heavy atom. The molecule has 2 amide bonds. The number of alkyl halides is 3. The second-order valence-corrected chi connectivity index (χ2v) is 5.18. The summed E-state index contributed by atoms with van der Waals surface area (Å²) in [6, 6.07) is 3.32. The van der Waals surface area contributed by atoms with Crippen LogP contribution in [0.15, 0.2) is 18.2 Å². The molecule has 1 heterocycles. The Labute approximate surface area is 124 Å². The van der Waals surface area contributed by atoms with E-state index in [0.717, 1.165) is 6.07 Å². The number of halogens is 3. The van der Waals surface area contributed by atoms with Crippen LogP contribution in [0.5, 0.6) is 0 Å². The second-order valence-electron chi connectivity index (χ2n) is 5.18. The van der Waals surface area contributed by atoms with Crippen LogP contribution in [0.25, 0.3) is 0 Å². The van der Waals surface area contributed by atoms with Gasteiger partial charge in [0.15, 0.2) is 0 Å². The highest BCUT2D eigenvalue weighted by atomic mass is 19.4. The zero-order valence-electron chi connectivity index (χ0n) is 11.8. The van der Waals surface area contributed by atoms with Gasteiger partial charge in [0.25, 0.3) is 0 Å². The molecule has 1 aliphatic rings. The minimum Gasteiger partial charge on any atom is -0.391 e. The van der Waals surface area contributed by atoms with Crippen LogP contribution in [0.2, 0.25) is 0 Å². The Kier molecular flexibility index (Phi) is 4.41. The molecule has 8 heteroatoms. The summed E-state index contributed by atoms with van der Waals surface area (Å²) in [5.74, 6) is -1.89. The van der Waals surface area contributed by atoms with Crippen LogP contribution in [0, 0.1) is 6.92 Å². The number of nitrogens with zero attached hydrogens (tertiary/aromatic N) is 1. The molecule has 1 aromatic carbocycles. The van der Waals surface area contributed by atoms with Crippen molar-refractivity contribution in [1.29, 1.82) is 0 Å². The van der Waals surface area contributed by atoms with E-state index in [9.17, 15) is 27.9 Å². The lowest BCUT2D eigenvalue weighted by molar-refractivity contribution is -0.142. The number of aliphatic hydroxyl groups excluding tert-OH is 1.